The maximum Gasteiger partial charge on any atom is 0.291 e. The number of carbonyl (C=O) groups excluding carboxylic acids is 1. The molecule has 0 atom stereocenters. The third-order valence-corrected chi connectivity index (χ3v) is 2.54. The zero-order chi connectivity index (χ0) is 14.9. The molecule has 0 spiro atoms. The summed E-state index contributed by atoms with van der Waals surface area (Å²) in [4.78, 5) is 19.3. The summed E-state index contributed by atoms with van der Waals surface area (Å²) in [6.07, 6.45) is 9.32. The molecule has 1 heterocycles. The van der Waals surface area contributed by atoms with E-state index in [1.54, 1.807) is 13.2 Å². The van der Waals surface area contributed by atoms with Gasteiger partial charge in [-0.1, -0.05) is 18.2 Å². The van der Waals surface area contributed by atoms with Crippen molar-refractivity contribution < 1.29 is 9.53 Å². The van der Waals surface area contributed by atoms with Gasteiger partial charge < -0.3 is 4.74 Å². The van der Waals surface area contributed by atoms with Gasteiger partial charge in [0.1, 0.15) is 11.4 Å². The molecule has 2 aromatic rings. The number of hydrogen-bond donors (Lipinski definition) is 1. The summed E-state index contributed by atoms with van der Waals surface area (Å²) in [5, 5.41) is 3.80. The van der Waals surface area contributed by atoms with Gasteiger partial charge >= 0.3 is 0 Å². The Morgan fingerprint density at radius 1 is 1.33 bits per heavy atom. The third-order valence-electron chi connectivity index (χ3n) is 2.54. The minimum Gasteiger partial charge on any atom is -0.496 e. The van der Waals surface area contributed by atoms with Crippen LogP contribution in [0.2, 0.25) is 0 Å². The number of rotatable bonds is 5. The number of nitrogens with one attached hydrogen (secondary N) is 1. The second-order valence-electron chi connectivity index (χ2n) is 3.91. The zero-order valence-corrected chi connectivity index (χ0v) is 11.4. The number of hydrogen-bond acceptors (Lipinski definition) is 5. The lowest BCUT2D eigenvalue weighted by Gasteiger charge is -2.02. The minimum absolute atomic E-state index is 0.211. The second-order valence-corrected chi connectivity index (χ2v) is 3.91. The summed E-state index contributed by atoms with van der Waals surface area (Å²) < 4.78 is 5.22. The van der Waals surface area contributed by atoms with E-state index in [9.17, 15) is 4.79 Å². The summed E-state index contributed by atoms with van der Waals surface area (Å²) in [6, 6.07) is 7.59. The molecule has 0 radical (unpaired) electrons. The molecule has 0 aliphatic heterocycles. The van der Waals surface area contributed by atoms with Crippen molar-refractivity contribution in [2.45, 2.75) is 0 Å². The third kappa shape index (κ3) is 4.24. The Hall–Kier alpha value is -3.02. The Kier molecular flexibility index (Phi) is 5.17. The summed E-state index contributed by atoms with van der Waals surface area (Å²) in [5.41, 5.74) is 3.49. The number of benzene rings is 1. The highest BCUT2D eigenvalue weighted by Gasteiger charge is 2.03. The Balaban J connectivity index is 1.91. The van der Waals surface area contributed by atoms with Gasteiger partial charge in [-0.05, 0) is 18.2 Å². The Labute approximate surface area is 122 Å². The lowest BCUT2D eigenvalue weighted by molar-refractivity contribution is 0.0950. The molecule has 0 unspecified atom stereocenters. The Bertz CT molecular complexity index is 654. The fourth-order valence-corrected chi connectivity index (χ4v) is 1.56. The number of allylic oxidation sites excluding steroid dienone is 1. The van der Waals surface area contributed by atoms with Crippen LogP contribution in [0.4, 0.5) is 0 Å². The topological polar surface area (TPSA) is 76.5 Å². The lowest BCUT2D eigenvalue weighted by Crippen LogP contribution is -2.18. The minimum atomic E-state index is -0.412. The molecule has 21 heavy (non-hydrogen) atoms. The summed E-state index contributed by atoms with van der Waals surface area (Å²) in [7, 11) is 1.61. The van der Waals surface area contributed by atoms with Crippen molar-refractivity contribution >= 4 is 18.2 Å². The summed E-state index contributed by atoms with van der Waals surface area (Å²) >= 11 is 0. The van der Waals surface area contributed by atoms with Gasteiger partial charge in [-0.2, -0.15) is 5.10 Å². The van der Waals surface area contributed by atoms with Gasteiger partial charge in [0.15, 0.2) is 0 Å². The van der Waals surface area contributed by atoms with Crippen LogP contribution >= 0.6 is 0 Å². The lowest BCUT2D eigenvalue weighted by atomic mass is 10.2. The molecule has 1 amide bonds. The largest absolute Gasteiger partial charge is 0.496 e. The summed E-state index contributed by atoms with van der Waals surface area (Å²) in [5.74, 6) is 0.357. The van der Waals surface area contributed by atoms with E-state index in [4.69, 9.17) is 4.74 Å². The molecule has 0 aliphatic rings. The van der Waals surface area contributed by atoms with E-state index < -0.39 is 5.91 Å². The van der Waals surface area contributed by atoms with Crippen LogP contribution in [-0.2, 0) is 0 Å². The van der Waals surface area contributed by atoms with Gasteiger partial charge in [0.25, 0.3) is 5.91 Å². The predicted octanol–water partition coefficient (Wildman–Crippen LogP) is 1.91. The first-order valence-corrected chi connectivity index (χ1v) is 6.20. The van der Waals surface area contributed by atoms with E-state index in [0.29, 0.717) is 0 Å². The molecule has 1 N–H and O–H groups in total. The maximum atomic E-state index is 11.6. The number of aromatic nitrogens is 2. The quantitative estimate of drug-likeness (QED) is 0.671. The molecule has 0 fully saturated rings. The van der Waals surface area contributed by atoms with Crippen LogP contribution in [0.5, 0.6) is 5.75 Å². The van der Waals surface area contributed by atoms with Crippen molar-refractivity contribution in [2.75, 3.05) is 7.11 Å². The Morgan fingerprint density at radius 2 is 2.19 bits per heavy atom. The van der Waals surface area contributed by atoms with Gasteiger partial charge in [-0.3, -0.25) is 9.78 Å². The van der Waals surface area contributed by atoms with E-state index in [0.717, 1.165) is 11.3 Å². The predicted molar refractivity (Wildman–Crippen MR) is 80.0 cm³/mol. The van der Waals surface area contributed by atoms with E-state index in [1.165, 1.54) is 24.8 Å². The number of amides is 1. The fourth-order valence-electron chi connectivity index (χ4n) is 1.56. The molecule has 0 saturated heterocycles. The number of hydrazone groups is 1. The van der Waals surface area contributed by atoms with Crippen molar-refractivity contribution in [1.29, 1.82) is 0 Å². The highest BCUT2D eigenvalue weighted by atomic mass is 16.5. The molecule has 0 saturated carbocycles. The van der Waals surface area contributed by atoms with E-state index in [1.807, 2.05) is 30.3 Å². The van der Waals surface area contributed by atoms with Crippen molar-refractivity contribution in [2.24, 2.45) is 5.10 Å². The van der Waals surface area contributed by atoms with Crippen molar-refractivity contribution in [3.05, 3.63) is 60.2 Å². The van der Waals surface area contributed by atoms with Crippen LogP contribution < -0.4 is 10.2 Å². The van der Waals surface area contributed by atoms with Gasteiger partial charge in [0.05, 0.1) is 13.3 Å². The number of carbonyl (C=O) groups is 1. The highest BCUT2D eigenvalue weighted by molar-refractivity contribution is 5.92. The molecule has 0 aliphatic carbocycles. The molecule has 1 aromatic heterocycles. The van der Waals surface area contributed by atoms with Gasteiger partial charge in [-0.15, -0.1) is 0 Å². The van der Waals surface area contributed by atoms with Crippen LogP contribution in [0, 0.1) is 0 Å². The summed E-state index contributed by atoms with van der Waals surface area (Å²) in [6.45, 7) is 0. The first kappa shape index (κ1) is 14.4. The van der Waals surface area contributed by atoms with E-state index in [-0.39, 0.29) is 5.69 Å². The van der Waals surface area contributed by atoms with Crippen LogP contribution in [0.3, 0.4) is 0 Å². The van der Waals surface area contributed by atoms with Gasteiger partial charge in [0.2, 0.25) is 0 Å². The average molecular weight is 282 g/mol. The van der Waals surface area contributed by atoms with Crippen LogP contribution in [0.1, 0.15) is 16.1 Å². The van der Waals surface area contributed by atoms with E-state index in [2.05, 4.69) is 20.5 Å². The number of ether oxygens (including phenoxy) is 1. The maximum absolute atomic E-state index is 11.6. The van der Waals surface area contributed by atoms with Crippen molar-refractivity contribution in [1.82, 2.24) is 15.4 Å². The molecule has 106 valence electrons. The molecule has 6 heteroatoms. The van der Waals surface area contributed by atoms with Crippen molar-refractivity contribution in [3.8, 4) is 5.75 Å². The Morgan fingerprint density at radius 3 is 2.95 bits per heavy atom. The van der Waals surface area contributed by atoms with Gasteiger partial charge in [0, 0.05) is 24.2 Å². The molecule has 6 nitrogen and oxygen atoms in total. The number of nitrogens with zero attached hydrogens (tertiary/aromatic N) is 3. The SMILES string of the molecule is COc1ccccc1/C=C/C=N/NC(=O)c1cnccn1. The highest BCUT2D eigenvalue weighted by Crippen LogP contribution is 2.18. The normalized spacial score (nSPS) is 10.9. The standard InChI is InChI=1S/C15H14N4O2/c1-21-14-7-3-2-5-12(14)6-4-8-18-19-15(20)13-11-16-9-10-17-13/h2-11H,1H3,(H,19,20)/b6-4+,18-8+. The van der Waals surface area contributed by atoms with E-state index >= 15 is 0 Å². The smallest absolute Gasteiger partial charge is 0.291 e. The number of methoxy groups -OCH3 is 1. The average Bonchev–Trinajstić information content (AvgIpc) is 2.55. The molecule has 1 aromatic carbocycles. The second kappa shape index (κ2) is 7.54. The van der Waals surface area contributed by atoms with Gasteiger partial charge in [-0.25, -0.2) is 10.4 Å². The fraction of sp³-hybridized carbons (Fsp3) is 0.0667. The van der Waals surface area contributed by atoms with Crippen LogP contribution in [0.25, 0.3) is 6.08 Å². The van der Waals surface area contributed by atoms with Crippen molar-refractivity contribution in [3.63, 3.8) is 0 Å². The van der Waals surface area contributed by atoms with Crippen LogP contribution in [0.15, 0.2) is 54.0 Å². The zero-order valence-electron chi connectivity index (χ0n) is 11.4. The molecular weight excluding hydrogens is 268 g/mol. The first-order chi connectivity index (χ1) is 10.3. The number of para-hydroxylation sites is 1. The van der Waals surface area contributed by atoms with Crippen LogP contribution in [-0.4, -0.2) is 29.2 Å². The molecular formula is C15H14N4O2. The monoisotopic (exact) mass is 282 g/mol. The molecule has 0 bridgehead atoms. The first-order valence-electron chi connectivity index (χ1n) is 6.20. The molecule has 2 rings (SSSR count).